The zero-order valence-corrected chi connectivity index (χ0v) is 16.8. The summed E-state index contributed by atoms with van der Waals surface area (Å²) in [5.74, 6) is 0.871. The van der Waals surface area contributed by atoms with E-state index in [2.05, 4.69) is 58.7 Å². The number of aromatic nitrogens is 1. The van der Waals surface area contributed by atoms with Crippen molar-refractivity contribution in [2.45, 2.75) is 26.7 Å². The van der Waals surface area contributed by atoms with Gasteiger partial charge in [0.25, 0.3) is 0 Å². The highest BCUT2D eigenvalue weighted by atomic mass is 127. The first-order valence-corrected chi connectivity index (χ1v) is 8.25. The molecular weight excluding hydrogens is 411 g/mol. The second-order valence-corrected chi connectivity index (χ2v) is 5.50. The van der Waals surface area contributed by atoms with Crippen molar-refractivity contribution in [3.8, 4) is 0 Å². The molecule has 1 aromatic carbocycles. The minimum absolute atomic E-state index is 0. The molecule has 0 aliphatic rings. The van der Waals surface area contributed by atoms with Gasteiger partial charge in [0.1, 0.15) is 0 Å². The van der Waals surface area contributed by atoms with E-state index in [1.807, 2.05) is 24.4 Å². The number of halogens is 1. The van der Waals surface area contributed by atoms with Crippen molar-refractivity contribution >= 4 is 29.9 Å². The van der Waals surface area contributed by atoms with Gasteiger partial charge in [-0.2, -0.15) is 0 Å². The van der Waals surface area contributed by atoms with Gasteiger partial charge in [0.05, 0.1) is 0 Å². The third-order valence-corrected chi connectivity index (χ3v) is 3.50. The van der Waals surface area contributed by atoms with Crippen LogP contribution in [0.4, 0.5) is 0 Å². The monoisotopic (exact) mass is 438 g/mol. The number of rotatable bonds is 7. The summed E-state index contributed by atoms with van der Waals surface area (Å²) in [5.41, 5.74) is 3.73. The number of pyridine rings is 1. The number of benzene rings is 1. The lowest BCUT2D eigenvalue weighted by atomic mass is 10.1. The van der Waals surface area contributed by atoms with E-state index in [9.17, 15) is 0 Å². The number of hydrogen-bond acceptors (Lipinski definition) is 2. The van der Waals surface area contributed by atoms with Gasteiger partial charge in [0, 0.05) is 37.9 Å². The number of nitrogens with one attached hydrogen (secondary N) is 2. The van der Waals surface area contributed by atoms with Crippen molar-refractivity contribution in [2.75, 3.05) is 19.6 Å². The van der Waals surface area contributed by atoms with Crippen LogP contribution in [0.1, 0.15) is 23.7 Å². The Morgan fingerprint density at radius 1 is 1.08 bits per heavy atom. The topological polar surface area (TPSA) is 49.3 Å². The van der Waals surface area contributed by atoms with Crippen LogP contribution in [-0.2, 0) is 12.8 Å². The first kappa shape index (κ1) is 20.4. The van der Waals surface area contributed by atoms with Crippen LogP contribution >= 0.6 is 24.0 Å². The molecule has 130 valence electrons. The lowest BCUT2D eigenvalue weighted by Crippen LogP contribution is -2.38. The lowest BCUT2D eigenvalue weighted by Gasteiger charge is -2.11. The molecule has 0 aliphatic carbocycles. The molecule has 0 radical (unpaired) electrons. The maximum Gasteiger partial charge on any atom is 0.191 e. The van der Waals surface area contributed by atoms with E-state index >= 15 is 0 Å². The summed E-state index contributed by atoms with van der Waals surface area (Å²) >= 11 is 0. The van der Waals surface area contributed by atoms with Gasteiger partial charge < -0.3 is 10.6 Å². The van der Waals surface area contributed by atoms with Crippen LogP contribution < -0.4 is 10.6 Å². The molecule has 2 rings (SSSR count). The van der Waals surface area contributed by atoms with Crippen molar-refractivity contribution in [1.29, 1.82) is 0 Å². The lowest BCUT2D eigenvalue weighted by molar-refractivity contribution is 0.794. The number of hydrogen-bond donors (Lipinski definition) is 2. The number of nitrogens with zero attached hydrogens (tertiary/aromatic N) is 2. The average molecular weight is 438 g/mol. The Hall–Kier alpha value is -1.63. The van der Waals surface area contributed by atoms with E-state index in [1.165, 1.54) is 11.1 Å². The van der Waals surface area contributed by atoms with E-state index in [4.69, 9.17) is 0 Å². The van der Waals surface area contributed by atoms with Gasteiger partial charge in [0.2, 0.25) is 0 Å². The van der Waals surface area contributed by atoms with Crippen LogP contribution in [0.25, 0.3) is 0 Å². The highest BCUT2D eigenvalue weighted by molar-refractivity contribution is 14.0. The molecule has 24 heavy (non-hydrogen) atoms. The maximum atomic E-state index is 4.61. The molecule has 2 aromatic rings. The normalized spacial score (nSPS) is 10.8. The van der Waals surface area contributed by atoms with Crippen molar-refractivity contribution in [2.24, 2.45) is 4.99 Å². The van der Waals surface area contributed by atoms with Crippen LogP contribution in [0.2, 0.25) is 0 Å². The van der Waals surface area contributed by atoms with E-state index in [0.29, 0.717) is 0 Å². The van der Waals surface area contributed by atoms with Crippen LogP contribution in [0, 0.1) is 6.92 Å². The molecule has 2 N–H and O–H groups in total. The standard InChI is InChI=1S/C19H26N4.HI/c1-3-20-19(23-14-11-18-9-4-5-12-21-18)22-13-10-17-8-6-7-16(2)15-17;/h4-9,12,15H,3,10-11,13-14H2,1-2H3,(H2,20,22,23);1H. The van der Waals surface area contributed by atoms with Gasteiger partial charge in [0.15, 0.2) is 5.96 Å². The summed E-state index contributed by atoms with van der Waals surface area (Å²) in [6, 6.07) is 14.6. The summed E-state index contributed by atoms with van der Waals surface area (Å²) in [4.78, 5) is 8.93. The Balaban J connectivity index is 0.00000288. The number of guanidine groups is 1. The summed E-state index contributed by atoms with van der Waals surface area (Å²) in [6.07, 6.45) is 3.67. The Kier molecular flexibility index (Phi) is 10.1. The van der Waals surface area contributed by atoms with Gasteiger partial charge >= 0.3 is 0 Å². The van der Waals surface area contributed by atoms with E-state index in [1.54, 1.807) is 0 Å². The molecule has 1 aromatic heterocycles. The fourth-order valence-corrected chi connectivity index (χ4v) is 2.36. The third kappa shape index (κ3) is 7.77. The molecule has 0 fully saturated rings. The van der Waals surface area contributed by atoms with Crippen molar-refractivity contribution in [1.82, 2.24) is 15.6 Å². The molecule has 0 aliphatic heterocycles. The van der Waals surface area contributed by atoms with Gasteiger partial charge in [-0.15, -0.1) is 24.0 Å². The highest BCUT2D eigenvalue weighted by Gasteiger charge is 1.99. The van der Waals surface area contributed by atoms with E-state index in [0.717, 1.165) is 44.1 Å². The number of aryl methyl sites for hydroxylation is 1. The predicted molar refractivity (Wildman–Crippen MR) is 112 cm³/mol. The molecular formula is C19H27IN4. The second kappa shape index (κ2) is 11.8. The molecule has 1 heterocycles. The first-order chi connectivity index (χ1) is 11.3. The number of aliphatic imine (C=N–C) groups is 1. The molecule has 0 atom stereocenters. The fraction of sp³-hybridized carbons (Fsp3) is 0.368. The quantitative estimate of drug-likeness (QED) is 0.396. The summed E-state index contributed by atoms with van der Waals surface area (Å²) < 4.78 is 0. The molecule has 0 spiro atoms. The minimum atomic E-state index is 0. The molecule has 0 saturated carbocycles. The van der Waals surface area contributed by atoms with Gasteiger partial charge in [-0.3, -0.25) is 9.98 Å². The Morgan fingerprint density at radius 3 is 2.67 bits per heavy atom. The third-order valence-electron chi connectivity index (χ3n) is 3.50. The summed E-state index contributed by atoms with van der Waals surface area (Å²) in [5, 5.41) is 6.68. The zero-order valence-electron chi connectivity index (χ0n) is 14.5. The summed E-state index contributed by atoms with van der Waals surface area (Å²) in [7, 11) is 0. The highest BCUT2D eigenvalue weighted by Crippen LogP contribution is 2.03. The first-order valence-electron chi connectivity index (χ1n) is 8.25. The maximum absolute atomic E-state index is 4.61. The largest absolute Gasteiger partial charge is 0.357 e. The molecule has 5 heteroatoms. The molecule has 4 nitrogen and oxygen atoms in total. The van der Waals surface area contributed by atoms with E-state index in [-0.39, 0.29) is 24.0 Å². The van der Waals surface area contributed by atoms with Crippen LogP contribution in [0.3, 0.4) is 0 Å². The molecule has 0 unspecified atom stereocenters. The fourth-order valence-electron chi connectivity index (χ4n) is 2.36. The molecule has 0 saturated heterocycles. The van der Waals surface area contributed by atoms with Crippen molar-refractivity contribution < 1.29 is 0 Å². The zero-order chi connectivity index (χ0) is 16.3. The van der Waals surface area contributed by atoms with E-state index < -0.39 is 0 Å². The Labute approximate surface area is 162 Å². The molecule has 0 amide bonds. The van der Waals surface area contributed by atoms with Gasteiger partial charge in [-0.1, -0.05) is 35.9 Å². The van der Waals surface area contributed by atoms with Crippen molar-refractivity contribution in [3.05, 3.63) is 65.5 Å². The van der Waals surface area contributed by atoms with Crippen LogP contribution in [-0.4, -0.2) is 30.6 Å². The Bertz CT molecular complexity index is 614. The second-order valence-electron chi connectivity index (χ2n) is 5.50. The average Bonchev–Trinajstić information content (AvgIpc) is 2.56. The minimum Gasteiger partial charge on any atom is -0.357 e. The summed E-state index contributed by atoms with van der Waals surface area (Å²) in [6.45, 7) is 6.67. The van der Waals surface area contributed by atoms with Gasteiger partial charge in [-0.25, -0.2) is 0 Å². The van der Waals surface area contributed by atoms with Crippen LogP contribution in [0.15, 0.2) is 53.7 Å². The van der Waals surface area contributed by atoms with Crippen LogP contribution in [0.5, 0.6) is 0 Å². The SMILES string of the molecule is CCNC(=NCCc1ccccn1)NCCc1cccc(C)c1.I. The Morgan fingerprint density at radius 2 is 1.96 bits per heavy atom. The predicted octanol–water partition coefficient (Wildman–Crippen LogP) is 3.35. The van der Waals surface area contributed by atoms with Crippen molar-refractivity contribution in [3.63, 3.8) is 0 Å². The smallest absolute Gasteiger partial charge is 0.191 e. The molecule has 0 bridgehead atoms. The van der Waals surface area contributed by atoms with Gasteiger partial charge in [-0.05, 0) is 38.0 Å².